The summed E-state index contributed by atoms with van der Waals surface area (Å²) in [4.78, 5) is 0. The van der Waals surface area contributed by atoms with Crippen LogP contribution in [0.2, 0.25) is 0 Å². The van der Waals surface area contributed by atoms with E-state index in [4.69, 9.17) is 0 Å². The molecule has 1 rings (SSSR count). The SMILES string of the molecule is C=C(C)C=C(C)C.CC1=CC=CC1.[Ru]. The standard InChI is InChI=1S/C7H12.C6H8.Ru/c1-6(2)5-7(3)4;1-6-4-2-3-5-6;/h5H,1H2,2-4H3;2-4H,5H2,1H3;. The first kappa shape index (κ1) is 16.0. The van der Waals surface area contributed by atoms with Gasteiger partial charge in [0.15, 0.2) is 0 Å². The molecule has 1 aliphatic rings. The first-order valence-corrected chi connectivity index (χ1v) is 4.65. The van der Waals surface area contributed by atoms with Gasteiger partial charge in [0.25, 0.3) is 0 Å². The van der Waals surface area contributed by atoms with Gasteiger partial charge in [-0.2, -0.15) is 0 Å². The molecule has 1 heteroatoms. The third-order valence-corrected chi connectivity index (χ3v) is 1.49. The van der Waals surface area contributed by atoms with E-state index < -0.39 is 0 Å². The van der Waals surface area contributed by atoms with Crippen LogP contribution in [0.3, 0.4) is 0 Å². The molecular weight excluding hydrogens is 257 g/mol. The minimum Gasteiger partial charge on any atom is -0.0961 e. The summed E-state index contributed by atoms with van der Waals surface area (Å²) in [6.07, 6.45) is 9.62. The summed E-state index contributed by atoms with van der Waals surface area (Å²) in [5, 5.41) is 0. The summed E-state index contributed by atoms with van der Waals surface area (Å²) in [7, 11) is 0. The average Bonchev–Trinajstić information content (AvgIpc) is 2.37. The van der Waals surface area contributed by atoms with Gasteiger partial charge in [-0.1, -0.05) is 47.6 Å². The molecule has 0 radical (unpaired) electrons. The van der Waals surface area contributed by atoms with Gasteiger partial charge < -0.3 is 0 Å². The molecule has 0 N–H and O–H groups in total. The Morgan fingerprint density at radius 1 is 1.36 bits per heavy atom. The zero-order valence-electron chi connectivity index (χ0n) is 9.58. The van der Waals surface area contributed by atoms with Crippen molar-refractivity contribution in [3.05, 3.63) is 47.6 Å². The van der Waals surface area contributed by atoms with Crippen molar-refractivity contribution >= 4 is 0 Å². The number of rotatable bonds is 1. The Balaban J connectivity index is 0. The van der Waals surface area contributed by atoms with Crippen molar-refractivity contribution in [3.63, 3.8) is 0 Å². The minimum absolute atomic E-state index is 0. The molecule has 0 aromatic rings. The zero-order valence-corrected chi connectivity index (χ0v) is 11.3. The molecule has 0 aliphatic heterocycles. The maximum Gasteiger partial charge on any atom is 0 e. The first-order valence-electron chi connectivity index (χ1n) is 4.65. The second-order valence-corrected chi connectivity index (χ2v) is 3.71. The molecule has 14 heavy (non-hydrogen) atoms. The smallest absolute Gasteiger partial charge is 0 e. The first-order chi connectivity index (χ1) is 6.02. The fraction of sp³-hybridized carbons (Fsp3) is 0.385. The summed E-state index contributed by atoms with van der Waals surface area (Å²) in [6.45, 7) is 12.0. The largest absolute Gasteiger partial charge is 0.0961 e. The summed E-state index contributed by atoms with van der Waals surface area (Å²) >= 11 is 0. The molecule has 0 bridgehead atoms. The van der Waals surface area contributed by atoms with Crippen LogP contribution in [-0.4, -0.2) is 0 Å². The predicted octanol–water partition coefficient (Wildman–Crippen LogP) is 4.42. The van der Waals surface area contributed by atoms with Crippen LogP contribution in [0.25, 0.3) is 0 Å². The van der Waals surface area contributed by atoms with Crippen molar-refractivity contribution < 1.29 is 19.5 Å². The normalized spacial score (nSPS) is 11.9. The predicted molar refractivity (Wildman–Crippen MR) is 61.8 cm³/mol. The molecule has 0 aromatic carbocycles. The molecule has 80 valence electrons. The zero-order chi connectivity index (χ0) is 10.3. The van der Waals surface area contributed by atoms with Crippen LogP contribution in [0.1, 0.15) is 34.1 Å². The summed E-state index contributed by atoms with van der Waals surface area (Å²) < 4.78 is 0. The fourth-order valence-corrected chi connectivity index (χ4v) is 1.05. The molecular formula is C13H20Ru. The maximum absolute atomic E-state index is 3.72. The Bertz CT molecular complexity index is 250. The molecule has 0 amide bonds. The van der Waals surface area contributed by atoms with Gasteiger partial charge >= 0.3 is 0 Å². The van der Waals surface area contributed by atoms with E-state index in [1.54, 1.807) is 0 Å². The summed E-state index contributed by atoms with van der Waals surface area (Å²) in [5.74, 6) is 0. The number of hydrogen-bond acceptors (Lipinski definition) is 0. The molecule has 0 spiro atoms. The van der Waals surface area contributed by atoms with Crippen LogP contribution >= 0.6 is 0 Å². The van der Waals surface area contributed by atoms with Gasteiger partial charge in [0, 0.05) is 19.5 Å². The van der Waals surface area contributed by atoms with Crippen LogP contribution in [-0.2, 0) is 19.5 Å². The van der Waals surface area contributed by atoms with Gasteiger partial charge in [0.2, 0.25) is 0 Å². The van der Waals surface area contributed by atoms with E-state index in [-0.39, 0.29) is 19.5 Å². The Labute approximate surface area is 101 Å². The fourth-order valence-electron chi connectivity index (χ4n) is 1.05. The van der Waals surface area contributed by atoms with Gasteiger partial charge in [-0.25, -0.2) is 0 Å². The Morgan fingerprint density at radius 3 is 2.00 bits per heavy atom. The third-order valence-electron chi connectivity index (χ3n) is 1.49. The Morgan fingerprint density at radius 2 is 1.93 bits per heavy atom. The molecule has 0 aromatic heterocycles. The third kappa shape index (κ3) is 11.6. The molecule has 0 fully saturated rings. The van der Waals surface area contributed by atoms with Crippen molar-refractivity contribution in [2.24, 2.45) is 0 Å². The minimum atomic E-state index is 0. The summed E-state index contributed by atoms with van der Waals surface area (Å²) in [5.41, 5.74) is 3.91. The van der Waals surface area contributed by atoms with Gasteiger partial charge in [-0.05, 0) is 34.1 Å². The van der Waals surface area contributed by atoms with Gasteiger partial charge in [-0.3, -0.25) is 0 Å². The molecule has 0 saturated carbocycles. The topological polar surface area (TPSA) is 0 Å². The molecule has 0 atom stereocenters. The maximum atomic E-state index is 3.72. The Hall–Kier alpha value is -0.417. The van der Waals surface area contributed by atoms with E-state index in [2.05, 4.69) is 51.7 Å². The molecule has 1 aliphatic carbocycles. The van der Waals surface area contributed by atoms with Gasteiger partial charge in [-0.15, -0.1) is 0 Å². The van der Waals surface area contributed by atoms with E-state index in [9.17, 15) is 0 Å². The van der Waals surface area contributed by atoms with Gasteiger partial charge in [0.1, 0.15) is 0 Å². The Kier molecular flexibility index (Phi) is 10.5. The molecule has 0 unspecified atom stereocenters. The number of hydrogen-bond donors (Lipinski definition) is 0. The van der Waals surface area contributed by atoms with Gasteiger partial charge in [0.05, 0.1) is 0 Å². The van der Waals surface area contributed by atoms with Crippen LogP contribution in [0.5, 0.6) is 0 Å². The molecule has 0 heterocycles. The second kappa shape index (κ2) is 9.15. The van der Waals surface area contributed by atoms with Crippen molar-refractivity contribution in [3.8, 4) is 0 Å². The quantitative estimate of drug-likeness (QED) is 0.491. The van der Waals surface area contributed by atoms with Crippen molar-refractivity contribution in [1.82, 2.24) is 0 Å². The summed E-state index contributed by atoms with van der Waals surface area (Å²) in [6, 6.07) is 0. The van der Waals surface area contributed by atoms with E-state index in [1.807, 2.05) is 6.92 Å². The van der Waals surface area contributed by atoms with Crippen LogP contribution in [0, 0.1) is 0 Å². The van der Waals surface area contributed by atoms with Crippen molar-refractivity contribution in [2.75, 3.05) is 0 Å². The van der Waals surface area contributed by atoms with Crippen LogP contribution in [0.15, 0.2) is 47.6 Å². The molecule has 0 saturated heterocycles. The van der Waals surface area contributed by atoms with Crippen LogP contribution < -0.4 is 0 Å². The van der Waals surface area contributed by atoms with E-state index >= 15 is 0 Å². The molecule has 0 nitrogen and oxygen atoms in total. The van der Waals surface area contributed by atoms with Crippen molar-refractivity contribution in [1.29, 1.82) is 0 Å². The monoisotopic (exact) mass is 278 g/mol. The average molecular weight is 277 g/mol. The van der Waals surface area contributed by atoms with E-state index in [0.29, 0.717) is 0 Å². The van der Waals surface area contributed by atoms with E-state index in [1.165, 1.54) is 17.6 Å². The van der Waals surface area contributed by atoms with E-state index in [0.717, 1.165) is 5.57 Å². The van der Waals surface area contributed by atoms with Crippen LogP contribution in [0.4, 0.5) is 0 Å². The number of allylic oxidation sites excluding steroid dienone is 7. The second-order valence-electron chi connectivity index (χ2n) is 3.71. The van der Waals surface area contributed by atoms with Crippen molar-refractivity contribution in [2.45, 2.75) is 34.1 Å².